The van der Waals surface area contributed by atoms with Gasteiger partial charge in [0.1, 0.15) is 5.82 Å². The van der Waals surface area contributed by atoms with Gasteiger partial charge in [0.25, 0.3) is 5.91 Å². The van der Waals surface area contributed by atoms with E-state index in [1.807, 2.05) is 36.1 Å². The highest BCUT2D eigenvalue weighted by Gasteiger charge is 2.47. The Morgan fingerprint density at radius 2 is 1.84 bits per heavy atom. The molecule has 1 aliphatic carbocycles. The summed E-state index contributed by atoms with van der Waals surface area (Å²) in [6.07, 6.45) is 9.05. The molecule has 3 atom stereocenters. The first-order valence-corrected chi connectivity index (χ1v) is 9.92. The Morgan fingerprint density at radius 1 is 1.10 bits per heavy atom. The molecule has 0 radical (unpaired) electrons. The van der Waals surface area contributed by atoms with Crippen molar-refractivity contribution in [1.82, 2.24) is 29.9 Å². The van der Waals surface area contributed by atoms with Crippen molar-refractivity contribution >= 4 is 17.9 Å². The normalized spacial score (nSPS) is 21.2. The molecule has 31 heavy (non-hydrogen) atoms. The van der Waals surface area contributed by atoms with E-state index in [4.69, 9.17) is 9.59 Å². The number of benzene rings is 1. The fraction of sp³-hybridized carbons (Fsp3) is 0.333. The third-order valence-electron chi connectivity index (χ3n) is 5.63. The summed E-state index contributed by atoms with van der Waals surface area (Å²) in [5.74, 6) is 1.30. The van der Waals surface area contributed by atoms with Crippen LogP contribution in [0.25, 0.3) is 5.69 Å². The Balaban J connectivity index is 0.000000730. The van der Waals surface area contributed by atoms with Crippen molar-refractivity contribution in [2.24, 2.45) is 5.92 Å². The third kappa shape index (κ3) is 4.19. The van der Waals surface area contributed by atoms with E-state index in [2.05, 4.69) is 25.5 Å². The second-order valence-electron chi connectivity index (χ2n) is 7.58. The SMILES string of the molecule is Cc1cnc(NC2CC3CC2N(C(=O)c2ccccc2-n2nccn2)C3)cn1.O=C=O. The molecule has 1 saturated carbocycles. The molecule has 2 aromatic heterocycles. The third-order valence-corrected chi connectivity index (χ3v) is 5.63. The lowest BCUT2D eigenvalue weighted by atomic mass is 10.0. The quantitative estimate of drug-likeness (QED) is 0.675. The minimum atomic E-state index is 0.0295. The first-order valence-electron chi connectivity index (χ1n) is 9.92. The molecule has 3 aromatic rings. The molecule has 0 spiro atoms. The lowest BCUT2D eigenvalue weighted by Crippen LogP contribution is -2.48. The molecule has 2 bridgehead atoms. The van der Waals surface area contributed by atoms with Crippen LogP contribution in [0.5, 0.6) is 0 Å². The summed E-state index contributed by atoms with van der Waals surface area (Å²) in [7, 11) is 0. The van der Waals surface area contributed by atoms with Crippen LogP contribution in [0.1, 0.15) is 28.9 Å². The predicted molar refractivity (Wildman–Crippen MR) is 108 cm³/mol. The van der Waals surface area contributed by atoms with Crippen molar-refractivity contribution in [3.63, 3.8) is 0 Å². The van der Waals surface area contributed by atoms with Gasteiger partial charge in [-0.15, -0.1) is 0 Å². The van der Waals surface area contributed by atoms with Crippen molar-refractivity contribution in [2.45, 2.75) is 31.8 Å². The highest BCUT2D eigenvalue weighted by molar-refractivity contribution is 5.98. The van der Waals surface area contributed by atoms with E-state index in [9.17, 15) is 4.79 Å². The van der Waals surface area contributed by atoms with Crippen molar-refractivity contribution in [3.05, 3.63) is 60.3 Å². The Bertz CT molecular complexity index is 1080. The van der Waals surface area contributed by atoms with E-state index in [0.29, 0.717) is 17.2 Å². The van der Waals surface area contributed by atoms with E-state index >= 15 is 0 Å². The topological polar surface area (TPSA) is 123 Å². The zero-order valence-electron chi connectivity index (χ0n) is 16.9. The number of carbonyl (C=O) groups is 1. The van der Waals surface area contributed by atoms with Gasteiger partial charge in [0, 0.05) is 12.6 Å². The van der Waals surface area contributed by atoms with E-state index in [1.165, 1.54) is 4.80 Å². The Labute approximate surface area is 178 Å². The van der Waals surface area contributed by atoms with Crippen molar-refractivity contribution in [1.29, 1.82) is 0 Å². The van der Waals surface area contributed by atoms with Gasteiger partial charge in [-0.05, 0) is 37.8 Å². The Hall–Kier alpha value is -3.91. The van der Waals surface area contributed by atoms with Gasteiger partial charge in [0.05, 0.1) is 47.8 Å². The molecule has 158 valence electrons. The maximum atomic E-state index is 13.4. The standard InChI is InChI=1S/C20H21N7O.CO2/c1-13-10-22-19(11-21-13)25-16-8-14-9-18(16)26(12-14)20(28)15-4-2-3-5-17(15)27-23-6-7-24-27;2-1-3/h2-7,10-11,14,16,18H,8-9,12H2,1H3,(H,22,25);. The smallest absolute Gasteiger partial charge is 0.364 e. The van der Waals surface area contributed by atoms with Crippen LogP contribution in [0.15, 0.2) is 49.1 Å². The molecule has 5 rings (SSSR count). The number of amides is 1. The van der Waals surface area contributed by atoms with Gasteiger partial charge in [-0.3, -0.25) is 9.78 Å². The van der Waals surface area contributed by atoms with E-state index in [-0.39, 0.29) is 24.1 Å². The van der Waals surface area contributed by atoms with Crippen molar-refractivity contribution in [2.75, 3.05) is 11.9 Å². The first kappa shape index (κ1) is 20.4. The van der Waals surface area contributed by atoms with E-state index < -0.39 is 0 Å². The van der Waals surface area contributed by atoms with Gasteiger partial charge < -0.3 is 10.2 Å². The molecule has 3 unspecified atom stereocenters. The summed E-state index contributed by atoms with van der Waals surface area (Å²) in [5.41, 5.74) is 2.22. The molecule has 1 saturated heterocycles. The average Bonchev–Trinajstić information content (AvgIpc) is 3.53. The number of aromatic nitrogens is 5. The average molecular weight is 419 g/mol. The van der Waals surface area contributed by atoms with Crippen LogP contribution in [0.3, 0.4) is 0 Å². The molecular formula is C21H21N7O3. The Morgan fingerprint density at radius 3 is 2.52 bits per heavy atom. The molecule has 1 aromatic carbocycles. The fourth-order valence-corrected chi connectivity index (χ4v) is 4.39. The highest BCUT2D eigenvalue weighted by Crippen LogP contribution is 2.40. The van der Waals surface area contributed by atoms with Gasteiger partial charge in [-0.2, -0.15) is 24.6 Å². The molecule has 3 heterocycles. The summed E-state index contributed by atoms with van der Waals surface area (Å²) in [6.45, 7) is 2.71. The zero-order valence-corrected chi connectivity index (χ0v) is 16.9. The number of piperidine rings is 1. The van der Waals surface area contributed by atoms with Crippen molar-refractivity contribution < 1.29 is 14.4 Å². The predicted octanol–water partition coefficient (Wildman–Crippen LogP) is 1.50. The zero-order chi connectivity index (χ0) is 21.8. The molecule has 1 N–H and O–H groups in total. The highest BCUT2D eigenvalue weighted by atomic mass is 16.2. The van der Waals surface area contributed by atoms with Crippen LogP contribution < -0.4 is 5.32 Å². The molecule has 10 heteroatoms. The molecule has 2 fully saturated rings. The van der Waals surface area contributed by atoms with E-state index in [0.717, 1.165) is 30.9 Å². The minimum Gasteiger partial charge on any atom is -0.364 e. The molecule has 2 aliphatic rings. The molecule has 10 nitrogen and oxygen atoms in total. The summed E-state index contributed by atoms with van der Waals surface area (Å²) < 4.78 is 0. The van der Waals surface area contributed by atoms with Gasteiger partial charge in [0.2, 0.25) is 0 Å². The minimum absolute atomic E-state index is 0.0295. The summed E-state index contributed by atoms with van der Waals surface area (Å²) in [6, 6.07) is 7.84. The number of hydrogen-bond donors (Lipinski definition) is 1. The van der Waals surface area contributed by atoms with Crippen LogP contribution in [0.2, 0.25) is 0 Å². The summed E-state index contributed by atoms with van der Waals surface area (Å²) >= 11 is 0. The Kier molecular flexibility index (Phi) is 5.81. The number of nitrogens with zero attached hydrogens (tertiary/aromatic N) is 6. The summed E-state index contributed by atoms with van der Waals surface area (Å²) in [4.78, 5) is 41.8. The maximum absolute atomic E-state index is 13.4. The number of carbonyl (C=O) groups excluding carboxylic acids is 3. The lowest BCUT2D eigenvalue weighted by molar-refractivity contribution is -0.191. The monoisotopic (exact) mass is 419 g/mol. The van der Waals surface area contributed by atoms with Crippen LogP contribution in [0, 0.1) is 12.8 Å². The van der Waals surface area contributed by atoms with Crippen LogP contribution in [-0.2, 0) is 9.59 Å². The van der Waals surface area contributed by atoms with Gasteiger partial charge in [-0.1, -0.05) is 12.1 Å². The number of nitrogens with one attached hydrogen (secondary N) is 1. The largest absolute Gasteiger partial charge is 0.373 e. The second-order valence-corrected chi connectivity index (χ2v) is 7.58. The number of anilines is 1. The molecule has 1 amide bonds. The maximum Gasteiger partial charge on any atom is 0.373 e. The summed E-state index contributed by atoms with van der Waals surface area (Å²) in [5, 5.41) is 11.9. The first-order chi connectivity index (χ1) is 15.1. The second kappa shape index (κ2) is 8.85. The van der Waals surface area contributed by atoms with Crippen LogP contribution in [0.4, 0.5) is 5.82 Å². The van der Waals surface area contributed by atoms with Crippen LogP contribution in [-0.4, -0.2) is 60.5 Å². The number of likely N-dealkylation sites (tertiary alicyclic amines) is 1. The number of fused-ring (bicyclic) bond motifs is 2. The fourth-order valence-electron chi connectivity index (χ4n) is 4.39. The van der Waals surface area contributed by atoms with Gasteiger partial charge in [0.15, 0.2) is 0 Å². The molecule has 1 aliphatic heterocycles. The number of rotatable bonds is 4. The van der Waals surface area contributed by atoms with Crippen LogP contribution >= 0.6 is 0 Å². The van der Waals surface area contributed by atoms with E-state index in [1.54, 1.807) is 24.8 Å². The molecular weight excluding hydrogens is 398 g/mol. The van der Waals surface area contributed by atoms with Crippen molar-refractivity contribution in [3.8, 4) is 5.69 Å². The van der Waals surface area contributed by atoms with Gasteiger partial charge in [-0.25, -0.2) is 4.98 Å². The number of para-hydroxylation sites is 1. The number of aryl methyl sites for hydroxylation is 1. The van der Waals surface area contributed by atoms with Gasteiger partial charge >= 0.3 is 6.15 Å². The number of hydrogen-bond acceptors (Lipinski definition) is 8. The lowest BCUT2D eigenvalue weighted by Gasteiger charge is -2.34.